The summed E-state index contributed by atoms with van der Waals surface area (Å²) in [5, 5.41) is 2.35. The summed E-state index contributed by atoms with van der Waals surface area (Å²) in [6, 6.07) is 4.54. The molecule has 0 unspecified atom stereocenters. The molecule has 3 nitrogen and oxygen atoms in total. The lowest BCUT2D eigenvalue weighted by atomic mass is 10.00. The Labute approximate surface area is 111 Å². The minimum absolute atomic E-state index is 0.946. The van der Waals surface area contributed by atoms with Crippen LogP contribution in [-0.2, 0) is 6.54 Å². The lowest BCUT2D eigenvalue weighted by Crippen LogP contribution is -2.50. The molecule has 1 heterocycles. The fraction of sp³-hybridized carbons (Fsp3) is 0.600. The second-order valence-corrected chi connectivity index (χ2v) is 5.50. The van der Waals surface area contributed by atoms with Crippen molar-refractivity contribution in [2.45, 2.75) is 27.3 Å². The molecule has 3 heteroatoms. The quantitative estimate of drug-likeness (QED) is 0.879. The highest BCUT2D eigenvalue weighted by atomic mass is 15.5. The lowest BCUT2D eigenvalue weighted by Gasteiger charge is -2.33. The van der Waals surface area contributed by atoms with Crippen LogP contribution in [0.1, 0.15) is 22.3 Å². The van der Waals surface area contributed by atoms with Gasteiger partial charge in [-0.3, -0.25) is 5.43 Å². The first-order chi connectivity index (χ1) is 8.56. The number of aryl methyl sites for hydroxylation is 3. The molecule has 1 N–H and O–H groups in total. The molecule has 0 bridgehead atoms. The molecule has 1 saturated heterocycles. The normalized spacial score (nSPS) is 18.2. The highest BCUT2D eigenvalue weighted by Gasteiger charge is 2.13. The van der Waals surface area contributed by atoms with Gasteiger partial charge in [-0.25, -0.2) is 5.01 Å². The minimum Gasteiger partial charge on any atom is -0.304 e. The van der Waals surface area contributed by atoms with Crippen LogP contribution >= 0.6 is 0 Å². The molecular weight excluding hydrogens is 222 g/mol. The van der Waals surface area contributed by atoms with Gasteiger partial charge in [-0.1, -0.05) is 17.7 Å². The van der Waals surface area contributed by atoms with Gasteiger partial charge in [0.2, 0.25) is 0 Å². The maximum atomic E-state index is 3.57. The van der Waals surface area contributed by atoms with Crippen molar-refractivity contribution in [1.82, 2.24) is 15.3 Å². The van der Waals surface area contributed by atoms with Gasteiger partial charge in [0.05, 0.1) is 0 Å². The van der Waals surface area contributed by atoms with Crippen LogP contribution in [0.5, 0.6) is 0 Å². The smallest absolute Gasteiger partial charge is 0.0358 e. The molecule has 0 radical (unpaired) electrons. The zero-order valence-corrected chi connectivity index (χ0v) is 12.1. The summed E-state index contributed by atoms with van der Waals surface area (Å²) in [5.41, 5.74) is 9.16. The van der Waals surface area contributed by atoms with Crippen molar-refractivity contribution in [3.63, 3.8) is 0 Å². The van der Waals surface area contributed by atoms with Crippen LogP contribution in [0.25, 0.3) is 0 Å². The number of hydrazine groups is 1. The van der Waals surface area contributed by atoms with Gasteiger partial charge in [-0.15, -0.1) is 0 Å². The number of hydrogen-bond donors (Lipinski definition) is 1. The number of likely N-dealkylation sites (N-methyl/N-ethyl adjacent to an activating group) is 1. The Hall–Kier alpha value is -0.900. The highest BCUT2D eigenvalue weighted by molar-refractivity contribution is 5.37. The van der Waals surface area contributed by atoms with E-state index in [4.69, 9.17) is 0 Å². The molecule has 1 fully saturated rings. The zero-order chi connectivity index (χ0) is 13.1. The van der Waals surface area contributed by atoms with Crippen molar-refractivity contribution in [2.75, 3.05) is 33.2 Å². The Morgan fingerprint density at radius 1 is 1.00 bits per heavy atom. The standard InChI is InChI=1S/C15H25N3/c1-12-9-13(2)15(14(3)10-12)11-16-18-7-5-17(4)6-8-18/h9-10,16H,5-8,11H2,1-4H3. The summed E-state index contributed by atoms with van der Waals surface area (Å²) in [5.74, 6) is 0. The van der Waals surface area contributed by atoms with Gasteiger partial charge in [0, 0.05) is 32.7 Å². The van der Waals surface area contributed by atoms with Crippen LogP contribution in [0.4, 0.5) is 0 Å². The number of nitrogens with one attached hydrogen (secondary N) is 1. The third kappa shape index (κ3) is 3.31. The monoisotopic (exact) mass is 247 g/mol. The summed E-state index contributed by atoms with van der Waals surface area (Å²) in [7, 11) is 2.19. The Morgan fingerprint density at radius 2 is 1.56 bits per heavy atom. The fourth-order valence-corrected chi connectivity index (χ4v) is 2.64. The maximum absolute atomic E-state index is 3.57. The molecular formula is C15H25N3. The first kappa shape index (κ1) is 13.5. The minimum atomic E-state index is 0.946. The predicted octanol–water partition coefficient (Wildman–Crippen LogP) is 1.86. The largest absolute Gasteiger partial charge is 0.304 e. The Bertz CT molecular complexity index is 383. The molecule has 0 aliphatic carbocycles. The van der Waals surface area contributed by atoms with Crippen molar-refractivity contribution in [3.8, 4) is 0 Å². The van der Waals surface area contributed by atoms with Crippen molar-refractivity contribution >= 4 is 0 Å². The molecule has 1 aromatic rings. The van der Waals surface area contributed by atoms with E-state index in [0.717, 1.165) is 32.7 Å². The van der Waals surface area contributed by atoms with E-state index >= 15 is 0 Å². The Balaban J connectivity index is 1.94. The SMILES string of the molecule is Cc1cc(C)c(CNN2CCN(C)CC2)c(C)c1. The molecule has 1 aliphatic heterocycles. The van der Waals surface area contributed by atoms with Gasteiger partial charge < -0.3 is 4.90 Å². The molecule has 0 atom stereocenters. The van der Waals surface area contributed by atoms with E-state index in [1.54, 1.807) is 0 Å². The number of hydrogen-bond acceptors (Lipinski definition) is 3. The van der Waals surface area contributed by atoms with Gasteiger partial charge in [0.25, 0.3) is 0 Å². The summed E-state index contributed by atoms with van der Waals surface area (Å²) < 4.78 is 0. The van der Waals surface area contributed by atoms with Crippen molar-refractivity contribution in [1.29, 1.82) is 0 Å². The van der Waals surface area contributed by atoms with E-state index in [1.807, 2.05) is 0 Å². The van der Waals surface area contributed by atoms with Crippen molar-refractivity contribution in [2.24, 2.45) is 0 Å². The molecule has 2 rings (SSSR count). The predicted molar refractivity (Wildman–Crippen MR) is 76.6 cm³/mol. The van der Waals surface area contributed by atoms with E-state index in [9.17, 15) is 0 Å². The van der Waals surface area contributed by atoms with Crippen LogP contribution < -0.4 is 5.43 Å². The van der Waals surface area contributed by atoms with E-state index in [0.29, 0.717) is 0 Å². The van der Waals surface area contributed by atoms with Crippen LogP contribution in [0, 0.1) is 20.8 Å². The lowest BCUT2D eigenvalue weighted by molar-refractivity contribution is 0.102. The average Bonchev–Trinajstić information content (AvgIpc) is 2.30. The van der Waals surface area contributed by atoms with E-state index in [1.165, 1.54) is 22.3 Å². The summed E-state index contributed by atoms with van der Waals surface area (Å²) in [6.07, 6.45) is 0. The van der Waals surface area contributed by atoms with Gasteiger partial charge >= 0.3 is 0 Å². The third-order valence-electron chi connectivity index (χ3n) is 3.82. The van der Waals surface area contributed by atoms with E-state index in [-0.39, 0.29) is 0 Å². The molecule has 18 heavy (non-hydrogen) atoms. The van der Waals surface area contributed by atoms with E-state index < -0.39 is 0 Å². The molecule has 0 spiro atoms. The van der Waals surface area contributed by atoms with Crippen LogP contribution in [0.2, 0.25) is 0 Å². The van der Waals surface area contributed by atoms with Gasteiger partial charge in [-0.05, 0) is 44.5 Å². The summed E-state index contributed by atoms with van der Waals surface area (Å²) in [4.78, 5) is 2.38. The Kier molecular flexibility index (Phi) is 4.38. The average molecular weight is 247 g/mol. The van der Waals surface area contributed by atoms with Gasteiger partial charge in [0.1, 0.15) is 0 Å². The molecule has 1 aliphatic rings. The second-order valence-electron chi connectivity index (χ2n) is 5.50. The summed E-state index contributed by atoms with van der Waals surface area (Å²) in [6.45, 7) is 12.1. The number of benzene rings is 1. The molecule has 100 valence electrons. The Morgan fingerprint density at radius 3 is 2.11 bits per heavy atom. The zero-order valence-electron chi connectivity index (χ0n) is 12.1. The van der Waals surface area contributed by atoms with Gasteiger partial charge in [-0.2, -0.15) is 0 Å². The molecule has 0 saturated carbocycles. The molecule has 0 amide bonds. The van der Waals surface area contributed by atoms with Crippen LogP contribution in [0.15, 0.2) is 12.1 Å². The van der Waals surface area contributed by atoms with Crippen LogP contribution in [0.3, 0.4) is 0 Å². The second kappa shape index (κ2) is 5.83. The van der Waals surface area contributed by atoms with Crippen molar-refractivity contribution < 1.29 is 0 Å². The summed E-state index contributed by atoms with van der Waals surface area (Å²) >= 11 is 0. The van der Waals surface area contributed by atoms with Gasteiger partial charge in [0.15, 0.2) is 0 Å². The first-order valence-corrected chi connectivity index (χ1v) is 6.80. The fourth-order valence-electron chi connectivity index (χ4n) is 2.64. The van der Waals surface area contributed by atoms with E-state index in [2.05, 4.69) is 55.3 Å². The topological polar surface area (TPSA) is 18.5 Å². The first-order valence-electron chi connectivity index (χ1n) is 6.80. The maximum Gasteiger partial charge on any atom is 0.0358 e. The highest BCUT2D eigenvalue weighted by Crippen LogP contribution is 2.16. The third-order valence-corrected chi connectivity index (χ3v) is 3.82. The van der Waals surface area contributed by atoms with Crippen LogP contribution in [-0.4, -0.2) is 43.1 Å². The molecule has 0 aromatic heterocycles. The molecule has 1 aromatic carbocycles. The number of piperazine rings is 1. The van der Waals surface area contributed by atoms with Crippen molar-refractivity contribution in [3.05, 3.63) is 34.4 Å². The number of nitrogens with zero attached hydrogens (tertiary/aromatic N) is 2. The number of rotatable bonds is 3.